The highest BCUT2D eigenvalue weighted by Gasteiger charge is 2.34. The van der Waals surface area contributed by atoms with Crippen molar-refractivity contribution in [3.63, 3.8) is 0 Å². The van der Waals surface area contributed by atoms with Gasteiger partial charge in [0, 0.05) is 24.7 Å². The van der Waals surface area contributed by atoms with E-state index in [0.717, 1.165) is 0 Å². The van der Waals surface area contributed by atoms with Gasteiger partial charge in [0.1, 0.15) is 6.23 Å². The highest BCUT2D eigenvalue weighted by Crippen LogP contribution is 2.26. The summed E-state index contributed by atoms with van der Waals surface area (Å²) in [5.41, 5.74) is 4.88. The van der Waals surface area contributed by atoms with Crippen LogP contribution in [0.3, 0.4) is 0 Å². The molecule has 0 amide bonds. The molecular formula is C10H15N3O4. The molecule has 0 aliphatic carbocycles. The Balaban J connectivity index is 2.34. The summed E-state index contributed by atoms with van der Waals surface area (Å²) in [5, 5.41) is 9.64. The number of aliphatic hydroxyl groups excluding tert-OH is 1. The van der Waals surface area contributed by atoms with Gasteiger partial charge in [-0.15, -0.1) is 0 Å². The Labute approximate surface area is 96.8 Å². The summed E-state index contributed by atoms with van der Waals surface area (Å²) in [5.74, 6) is 0. The van der Waals surface area contributed by atoms with E-state index >= 15 is 0 Å². The summed E-state index contributed by atoms with van der Waals surface area (Å²) in [6, 6.07) is 0. The van der Waals surface area contributed by atoms with Crippen LogP contribution in [0.15, 0.2) is 15.8 Å². The zero-order chi connectivity index (χ0) is 12.6. The molecule has 0 bridgehead atoms. The first-order valence-corrected chi connectivity index (χ1v) is 5.38. The standard InChI is InChI=1S/C10H15N3O4/c1-5-4-13(10(16)12-9(5)15)8-2-6(14)7(3-11)17-8/h4,6-8,14H,2-3,11H2,1H3,(H,12,15,16)/t6-,7?,8+/m0/s1. The highest BCUT2D eigenvalue weighted by atomic mass is 16.5. The molecule has 1 aromatic heterocycles. The van der Waals surface area contributed by atoms with Crippen molar-refractivity contribution in [3.8, 4) is 0 Å². The van der Waals surface area contributed by atoms with Gasteiger partial charge in [0.2, 0.25) is 0 Å². The number of hydrogen-bond acceptors (Lipinski definition) is 5. The maximum absolute atomic E-state index is 11.6. The van der Waals surface area contributed by atoms with Crippen LogP contribution in [0.25, 0.3) is 0 Å². The molecule has 0 radical (unpaired) electrons. The lowest BCUT2D eigenvalue weighted by Gasteiger charge is -2.14. The molecule has 2 heterocycles. The molecule has 0 aromatic carbocycles. The molecule has 17 heavy (non-hydrogen) atoms. The lowest BCUT2D eigenvalue weighted by atomic mass is 10.2. The Morgan fingerprint density at radius 1 is 1.65 bits per heavy atom. The SMILES string of the molecule is Cc1cn([C@H]2C[C@H](O)C(CN)O2)c(=O)[nH]c1=O. The molecular weight excluding hydrogens is 226 g/mol. The van der Waals surface area contributed by atoms with Crippen LogP contribution in [0.4, 0.5) is 0 Å². The van der Waals surface area contributed by atoms with E-state index < -0.39 is 29.7 Å². The van der Waals surface area contributed by atoms with E-state index in [1.807, 2.05) is 0 Å². The quantitative estimate of drug-likeness (QED) is 0.580. The van der Waals surface area contributed by atoms with Crippen molar-refractivity contribution < 1.29 is 9.84 Å². The zero-order valence-electron chi connectivity index (χ0n) is 9.42. The fourth-order valence-corrected chi connectivity index (χ4v) is 1.90. The number of rotatable bonds is 2. The lowest BCUT2D eigenvalue weighted by molar-refractivity contribution is -0.0152. The van der Waals surface area contributed by atoms with Gasteiger partial charge in [0.25, 0.3) is 5.56 Å². The number of nitrogens with zero attached hydrogens (tertiary/aromatic N) is 1. The Kier molecular flexibility index (Phi) is 3.14. The molecule has 1 aliphatic heterocycles. The first-order chi connectivity index (χ1) is 8.02. The van der Waals surface area contributed by atoms with Crippen molar-refractivity contribution >= 4 is 0 Å². The summed E-state index contributed by atoms with van der Waals surface area (Å²) < 4.78 is 6.72. The molecule has 1 fully saturated rings. The molecule has 1 aromatic rings. The fraction of sp³-hybridized carbons (Fsp3) is 0.600. The molecule has 3 atom stereocenters. The molecule has 1 unspecified atom stereocenters. The monoisotopic (exact) mass is 241 g/mol. The van der Waals surface area contributed by atoms with Crippen molar-refractivity contribution in [2.24, 2.45) is 5.73 Å². The van der Waals surface area contributed by atoms with Gasteiger partial charge in [-0.05, 0) is 6.92 Å². The number of aromatic amines is 1. The Bertz CT molecular complexity index is 521. The molecule has 0 saturated carbocycles. The summed E-state index contributed by atoms with van der Waals surface area (Å²) in [6.07, 6.45) is -0.0325. The minimum atomic E-state index is -0.691. The molecule has 2 rings (SSSR count). The summed E-state index contributed by atoms with van der Waals surface area (Å²) in [4.78, 5) is 25.0. The average Bonchev–Trinajstić information content (AvgIpc) is 2.65. The van der Waals surface area contributed by atoms with Crippen LogP contribution in [0.5, 0.6) is 0 Å². The third-order valence-corrected chi connectivity index (χ3v) is 2.89. The van der Waals surface area contributed by atoms with Crippen LogP contribution in [0, 0.1) is 6.92 Å². The summed E-state index contributed by atoms with van der Waals surface area (Å²) in [7, 11) is 0. The van der Waals surface area contributed by atoms with E-state index in [9.17, 15) is 14.7 Å². The fourth-order valence-electron chi connectivity index (χ4n) is 1.90. The number of aromatic nitrogens is 2. The van der Waals surface area contributed by atoms with Gasteiger partial charge in [-0.1, -0.05) is 0 Å². The molecule has 7 nitrogen and oxygen atoms in total. The van der Waals surface area contributed by atoms with E-state index in [-0.39, 0.29) is 13.0 Å². The number of H-pyrrole nitrogens is 1. The van der Waals surface area contributed by atoms with Crippen LogP contribution in [-0.2, 0) is 4.74 Å². The van der Waals surface area contributed by atoms with Crippen molar-refractivity contribution in [1.29, 1.82) is 0 Å². The van der Waals surface area contributed by atoms with Crippen LogP contribution >= 0.6 is 0 Å². The number of aliphatic hydroxyl groups is 1. The van der Waals surface area contributed by atoms with E-state index in [1.165, 1.54) is 10.8 Å². The third-order valence-electron chi connectivity index (χ3n) is 2.89. The van der Waals surface area contributed by atoms with Gasteiger partial charge in [-0.25, -0.2) is 4.79 Å². The maximum Gasteiger partial charge on any atom is 0.330 e. The van der Waals surface area contributed by atoms with Crippen molar-refractivity contribution in [2.75, 3.05) is 6.54 Å². The first kappa shape index (κ1) is 12.0. The molecule has 7 heteroatoms. The number of ether oxygens (including phenoxy) is 1. The minimum absolute atomic E-state index is 0.189. The second kappa shape index (κ2) is 4.44. The second-order valence-corrected chi connectivity index (χ2v) is 4.15. The number of nitrogens with one attached hydrogen (secondary N) is 1. The van der Waals surface area contributed by atoms with Crippen molar-refractivity contribution in [1.82, 2.24) is 9.55 Å². The normalized spacial score (nSPS) is 28.5. The van der Waals surface area contributed by atoms with Gasteiger partial charge in [0.15, 0.2) is 0 Å². The van der Waals surface area contributed by atoms with Crippen LogP contribution in [0.2, 0.25) is 0 Å². The van der Waals surface area contributed by atoms with Gasteiger partial charge in [0.05, 0.1) is 12.2 Å². The van der Waals surface area contributed by atoms with E-state index in [4.69, 9.17) is 10.5 Å². The molecule has 0 spiro atoms. The Morgan fingerprint density at radius 3 is 2.94 bits per heavy atom. The van der Waals surface area contributed by atoms with E-state index in [1.54, 1.807) is 6.92 Å². The highest BCUT2D eigenvalue weighted by molar-refractivity contribution is 5.02. The lowest BCUT2D eigenvalue weighted by Crippen LogP contribution is -2.33. The molecule has 94 valence electrons. The van der Waals surface area contributed by atoms with Gasteiger partial charge >= 0.3 is 5.69 Å². The van der Waals surface area contributed by atoms with Gasteiger partial charge in [-0.3, -0.25) is 14.3 Å². The minimum Gasteiger partial charge on any atom is -0.390 e. The first-order valence-electron chi connectivity index (χ1n) is 5.38. The van der Waals surface area contributed by atoms with Crippen molar-refractivity contribution in [3.05, 3.63) is 32.6 Å². The number of aryl methyl sites for hydroxylation is 1. The Hall–Kier alpha value is -1.44. The zero-order valence-corrected chi connectivity index (χ0v) is 9.42. The summed E-state index contributed by atoms with van der Waals surface area (Å²) >= 11 is 0. The Morgan fingerprint density at radius 2 is 2.35 bits per heavy atom. The molecule has 1 aliphatic rings. The van der Waals surface area contributed by atoms with Gasteiger partial charge < -0.3 is 15.6 Å². The average molecular weight is 241 g/mol. The van der Waals surface area contributed by atoms with E-state index in [0.29, 0.717) is 5.56 Å². The van der Waals surface area contributed by atoms with E-state index in [2.05, 4.69) is 4.98 Å². The second-order valence-electron chi connectivity index (χ2n) is 4.15. The van der Waals surface area contributed by atoms with Gasteiger partial charge in [-0.2, -0.15) is 0 Å². The smallest absolute Gasteiger partial charge is 0.330 e. The predicted octanol–water partition coefficient (Wildman–Crippen LogP) is -1.55. The van der Waals surface area contributed by atoms with Crippen LogP contribution in [-0.4, -0.2) is 33.4 Å². The predicted molar refractivity (Wildman–Crippen MR) is 59.6 cm³/mol. The number of hydrogen-bond donors (Lipinski definition) is 3. The molecule has 1 saturated heterocycles. The molecule has 4 N–H and O–H groups in total. The third kappa shape index (κ3) is 2.17. The maximum atomic E-state index is 11.6. The van der Waals surface area contributed by atoms with Crippen molar-refractivity contribution in [2.45, 2.75) is 31.8 Å². The largest absolute Gasteiger partial charge is 0.390 e. The van der Waals surface area contributed by atoms with Crippen LogP contribution < -0.4 is 17.0 Å². The number of nitrogens with two attached hydrogens (primary N) is 1. The van der Waals surface area contributed by atoms with Crippen LogP contribution in [0.1, 0.15) is 18.2 Å². The topological polar surface area (TPSA) is 110 Å². The summed E-state index contributed by atoms with van der Waals surface area (Å²) in [6.45, 7) is 1.79.